The molecule has 3 nitrogen and oxygen atoms in total. The Kier molecular flexibility index (Phi) is 10.7. The van der Waals surface area contributed by atoms with Crippen LogP contribution in [0.3, 0.4) is 0 Å². The monoisotopic (exact) mass is 311 g/mol. The summed E-state index contributed by atoms with van der Waals surface area (Å²) in [6.07, 6.45) is 12.9. The van der Waals surface area contributed by atoms with Crippen molar-refractivity contribution in [1.29, 1.82) is 0 Å². The number of nitrogens with zero attached hydrogens (tertiary/aromatic N) is 2. The van der Waals surface area contributed by atoms with E-state index in [-0.39, 0.29) is 0 Å². The van der Waals surface area contributed by atoms with Gasteiger partial charge < -0.3 is 5.32 Å². The Labute approximate surface area is 135 Å². The van der Waals surface area contributed by atoms with Gasteiger partial charge in [-0.05, 0) is 19.4 Å². The van der Waals surface area contributed by atoms with E-state index >= 15 is 0 Å². The number of rotatable bonds is 13. The van der Waals surface area contributed by atoms with Crippen molar-refractivity contribution in [2.24, 2.45) is 0 Å². The van der Waals surface area contributed by atoms with Crippen LogP contribution >= 0.6 is 11.3 Å². The summed E-state index contributed by atoms with van der Waals surface area (Å²) in [6.45, 7) is 7.72. The maximum absolute atomic E-state index is 4.33. The third-order valence-electron chi connectivity index (χ3n) is 3.62. The molecule has 0 radical (unpaired) electrons. The van der Waals surface area contributed by atoms with E-state index in [0.29, 0.717) is 6.04 Å². The molecule has 122 valence electrons. The topological polar surface area (TPSA) is 37.8 Å². The zero-order valence-electron chi connectivity index (χ0n) is 14.2. The molecule has 1 aromatic heterocycles. The lowest BCUT2D eigenvalue weighted by Gasteiger charge is -2.05. The standard InChI is InChI=1S/C17H33N3S/c1-4-5-6-7-8-9-10-12-16-19-20-17(21-16)13-11-14-18-15(2)3/h15,18H,4-14H2,1-3H3. The van der Waals surface area contributed by atoms with Gasteiger partial charge in [-0.15, -0.1) is 21.5 Å². The SMILES string of the molecule is CCCCCCCCCc1nnc(CCCNC(C)C)s1. The van der Waals surface area contributed by atoms with Gasteiger partial charge in [0.2, 0.25) is 0 Å². The molecule has 0 aliphatic heterocycles. The highest BCUT2D eigenvalue weighted by Crippen LogP contribution is 2.15. The molecule has 0 saturated heterocycles. The van der Waals surface area contributed by atoms with Gasteiger partial charge in [-0.2, -0.15) is 0 Å². The van der Waals surface area contributed by atoms with Crippen LogP contribution in [0.4, 0.5) is 0 Å². The van der Waals surface area contributed by atoms with Crippen LogP contribution in [0.15, 0.2) is 0 Å². The van der Waals surface area contributed by atoms with Gasteiger partial charge in [0.1, 0.15) is 10.0 Å². The highest BCUT2D eigenvalue weighted by molar-refractivity contribution is 7.11. The summed E-state index contributed by atoms with van der Waals surface area (Å²) >= 11 is 1.81. The van der Waals surface area contributed by atoms with E-state index in [9.17, 15) is 0 Å². The molecule has 1 rings (SSSR count). The Morgan fingerprint density at radius 1 is 0.857 bits per heavy atom. The van der Waals surface area contributed by atoms with Gasteiger partial charge in [0.15, 0.2) is 0 Å². The number of hydrogen-bond donors (Lipinski definition) is 1. The number of hydrogen-bond acceptors (Lipinski definition) is 4. The smallest absolute Gasteiger partial charge is 0.117 e. The predicted molar refractivity (Wildman–Crippen MR) is 93.1 cm³/mol. The van der Waals surface area contributed by atoms with Crippen LogP contribution in [0, 0.1) is 0 Å². The van der Waals surface area contributed by atoms with Gasteiger partial charge in [0.25, 0.3) is 0 Å². The Bertz CT molecular complexity index is 350. The summed E-state index contributed by atoms with van der Waals surface area (Å²) < 4.78 is 0. The van der Waals surface area contributed by atoms with Crippen molar-refractivity contribution in [3.05, 3.63) is 10.0 Å². The van der Waals surface area contributed by atoms with Crippen LogP contribution in [0.5, 0.6) is 0 Å². The van der Waals surface area contributed by atoms with Crippen LogP contribution in [-0.2, 0) is 12.8 Å². The highest BCUT2D eigenvalue weighted by atomic mass is 32.1. The maximum atomic E-state index is 4.33. The van der Waals surface area contributed by atoms with E-state index in [1.54, 1.807) is 0 Å². The van der Waals surface area contributed by atoms with Gasteiger partial charge in [0, 0.05) is 18.9 Å². The van der Waals surface area contributed by atoms with Crippen molar-refractivity contribution in [1.82, 2.24) is 15.5 Å². The molecule has 0 unspecified atom stereocenters. The second-order valence-electron chi connectivity index (χ2n) is 6.17. The summed E-state index contributed by atoms with van der Waals surface area (Å²) in [7, 11) is 0. The highest BCUT2D eigenvalue weighted by Gasteiger charge is 2.04. The minimum Gasteiger partial charge on any atom is -0.315 e. The average molecular weight is 312 g/mol. The Balaban J connectivity index is 2.03. The predicted octanol–water partition coefficient (Wildman–Crippen LogP) is 4.76. The van der Waals surface area contributed by atoms with Crippen molar-refractivity contribution >= 4 is 11.3 Å². The number of aryl methyl sites for hydroxylation is 2. The number of nitrogens with one attached hydrogen (secondary N) is 1. The van der Waals surface area contributed by atoms with Crippen molar-refractivity contribution in [2.75, 3.05) is 6.54 Å². The minimum atomic E-state index is 0.576. The quantitative estimate of drug-likeness (QED) is 0.534. The summed E-state index contributed by atoms with van der Waals surface area (Å²) in [4.78, 5) is 0. The molecule has 0 spiro atoms. The largest absolute Gasteiger partial charge is 0.315 e. The normalized spacial score (nSPS) is 11.4. The van der Waals surface area contributed by atoms with Gasteiger partial charge in [-0.3, -0.25) is 0 Å². The fraction of sp³-hybridized carbons (Fsp3) is 0.882. The second-order valence-corrected chi connectivity index (χ2v) is 7.32. The first-order valence-electron chi connectivity index (χ1n) is 8.77. The van der Waals surface area contributed by atoms with Crippen LogP contribution in [0.1, 0.15) is 82.2 Å². The average Bonchev–Trinajstić information content (AvgIpc) is 2.90. The fourth-order valence-corrected chi connectivity index (χ4v) is 3.28. The first kappa shape index (κ1) is 18.6. The molecule has 1 aromatic rings. The van der Waals surface area contributed by atoms with Gasteiger partial charge in [0.05, 0.1) is 0 Å². The van der Waals surface area contributed by atoms with Crippen LogP contribution in [0.2, 0.25) is 0 Å². The molecule has 0 saturated carbocycles. The van der Waals surface area contributed by atoms with E-state index in [0.717, 1.165) is 25.8 Å². The molecular formula is C17H33N3S. The third-order valence-corrected chi connectivity index (χ3v) is 4.67. The first-order valence-corrected chi connectivity index (χ1v) is 9.58. The first-order chi connectivity index (χ1) is 10.2. The van der Waals surface area contributed by atoms with Crippen molar-refractivity contribution in [2.45, 2.75) is 91.0 Å². The van der Waals surface area contributed by atoms with E-state index in [4.69, 9.17) is 0 Å². The molecule has 21 heavy (non-hydrogen) atoms. The molecule has 0 aliphatic rings. The molecule has 1 heterocycles. The van der Waals surface area contributed by atoms with E-state index in [2.05, 4.69) is 36.3 Å². The zero-order chi connectivity index (χ0) is 15.3. The Hall–Kier alpha value is -0.480. The molecule has 0 fully saturated rings. The van der Waals surface area contributed by atoms with Gasteiger partial charge >= 0.3 is 0 Å². The van der Waals surface area contributed by atoms with Crippen LogP contribution in [-0.4, -0.2) is 22.8 Å². The summed E-state index contributed by atoms with van der Waals surface area (Å²) in [5.41, 5.74) is 0. The van der Waals surface area contributed by atoms with E-state index in [1.807, 2.05) is 11.3 Å². The third kappa shape index (κ3) is 9.97. The molecule has 0 aromatic carbocycles. The fourth-order valence-electron chi connectivity index (χ4n) is 2.35. The summed E-state index contributed by atoms with van der Waals surface area (Å²) in [5.74, 6) is 0. The minimum absolute atomic E-state index is 0.576. The van der Waals surface area contributed by atoms with Gasteiger partial charge in [-0.25, -0.2) is 0 Å². The summed E-state index contributed by atoms with van der Waals surface area (Å²) in [6, 6.07) is 0.576. The number of unbranched alkanes of at least 4 members (excludes halogenated alkanes) is 6. The van der Waals surface area contributed by atoms with Gasteiger partial charge in [-0.1, -0.05) is 59.3 Å². The molecular weight excluding hydrogens is 278 g/mol. The van der Waals surface area contributed by atoms with E-state index in [1.165, 1.54) is 55.0 Å². The molecule has 0 aliphatic carbocycles. The molecule has 0 atom stereocenters. The van der Waals surface area contributed by atoms with Crippen LogP contribution in [0.25, 0.3) is 0 Å². The zero-order valence-corrected chi connectivity index (χ0v) is 15.0. The maximum Gasteiger partial charge on any atom is 0.117 e. The summed E-state index contributed by atoms with van der Waals surface area (Å²) in [5, 5.41) is 14.5. The molecule has 0 bridgehead atoms. The van der Waals surface area contributed by atoms with Crippen molar-refractivity contribution < 1.29 is 0 Å². The lowest BCUT2D eigenvalue weighted by molar-refractivity contribution is 0.569. The second kappa shape index (κ2) is 12.1. The van der Waals surface area contributed by atoms with Crippen LogP contribution < -0.4 is 5.32 Å². The Morgan fingerprint density at radius 3 is 2.05 bits per heavy atom. The Morgan fingerprint density at radius 2 is 1.43 bits per heavy atom. The van der Waals surface area contributed by atoms with Crippen molar-refractivity contribution in [3.8, 4) is 0 Å². The molecule has 1 N–H and O–H groups in total. The lowest BCUT2D eigenvalue weighted by atomic mass is 10.1. The van der Waals surface area contributed by atoms with E-state index < -0.39 is 0 Å². The lowest BCUT2D eigenvalue weighted by Crippen LogP contribution is -2.23. The molecule has 0 amide bonds. The van der Waals surface area contributed by atoms with Crippen molar-refractivity contribution in [3.63, 3.8) is 0 Å². The number of aromatic nitrogens is 2. The molecule has 4 heteroatoms.